The molecule has 0 fully saturated rings. The van der Waals surface area contributed by atoms with Gasteiger partial charge in [0.05, 0.1) is 7.11 Å². The third-order valence-corrected chi connectivity index (χ3v) is 2.57. The summed E-state index contributed by atoms with van der Waals surface area (Å²) in [6.45, 7) is 1.99. The molecular formula is C10H14BrNO. The second-order valence-electron chi connectivity index (χ2n) is 3.14. The minimum absolute atomic E-state index is 0.170. The first-order chi connectivity index (χ1) is 6.13. The Balaban J connectivity index is 2.90. The van der Waals surface area contributed by atoms with Crippen LogP contribution in [0.4, 0.5) is 0 Å². The van der Waals surface area contributed by atoms with Gasteiger partial charge in [0, 0.05) is 10.5 Å². The number of ether oxygens (including phenoxy) is 1. The van der Waals surface area contributed by atoms with E-state index in [1.807, 2.05) is 25.1 Å². The van der Waals surface area contributed by atoms with Crippen molar-refractivity contribution in [3.8, 4) is 5.75 Å². The zero-order valence-corrected chi connectivity index (χ0v) is 9.47. The van der Waals surface area contributed by atoms with Crippen molar-refractivity contribution in [2.45, 2.75) is 19.4 Å². The molecule has 13 heavy (non-hydrogen) atoms. The van der Waals surface area contributed by atoms with Gasteiger partial charge in [-0.1, -0.05) is 15.9 Å². The normalized spacial score (nSPS) is 12.6. The molecule has 1 rings (SSSR count). The SMILES string of the molecule is COc1ccc(Br)c(C[C@@H](C)N)c1. The Morgan fingerprint density at radius 3 is 2.77 bits per heavy atom. The van der Waals surface area contributed by atoms with Gasteiger partial charge in [0.25, 0.3) is 0 Å². The van der Waals surface area contributed by atoms with E-state index in [9.17, 15) is 0 Å². The van der Waals surface area contributed by atoms with E-state index in [1.54, 1.807) is 7.11 Å². The zero-order chi connectivity index (χ0) is 9.84. The maximum Gasteiger partial charge on any atom is 0.119 e. The van der Waals surface area contributed by atoms with Gasteiger partial charge in [0.1, 0.15) is 5.75 Å². The van der Waals surface area contributed by atoms with Crippen LogP contribution in [-0.2, 0) is 6.42 Å². The number of hydrogen-bond acceptors (Lipinski definition) is 2. The van der Waals surface area contributed by atoms with Crippen molar-refractivity contribution in [2.75, 3.05) is 7.11 Å². The number of methoxy groups -OCH3 is 1. The largest absolute Gasteiger partial charge is 0.497 e. The molecule has 1 aromatic rings. The van der Waals surface area contributed by atoms with Crippen molar-refractivity contribution in [1.82, 2.24) is 0 Å². The summed E-state index contributed by atoms with van der Waals surface area (Å²) < 4.78 is 6.22. The fourth-order valence-corrected chi connectivity index (χ4v) is 1.59. The van der Waals surface area contributed by atoms with Crippen LogP contribution in [0.25, 0.3) is 0 Å². The lowest BCUT2D eigenvalue weighted by atomic mass is 10.1. The number of rotatable bonds is 3. The first-order valence-electron chi connectivity index (χ1n) is 4.21. The van der Waals surface area contributed by atoms with Gasteiger partial charge in [0.2, 0.25) is 0 Å². The molecule has 72 valence electrons. The maximum atomic E-state index is 5.72. The van der Waals surface area contributed by atoms with Gasteiger partial charge in [-0.2, -0.15) is 0 Å². The molecule has 0 amide bonds. The molecule has 1 aromatic carbocycles. The van der Waals surface area contributed by atoms with Crippen LogP contribution >= 0.6 is 15.9 Å². The molecule has 0 aliphatic rings. The fourth-order valence-electron chi connectivity index (χ4n) is 1.18. The minimum atomic E-state index is 0.170. The van der Waals surface area contributed by atoms with Crippen molar-refractivity contribution in [2.24, 2.45) is 5.73 Å². The van der Waals surface area contributed by atoms with Crippen molar-refractivity contribution < 1.29 is 4.74 Å². The first-order valence-corrected chi connectivity index (χ1v) is 5.00. The van der Waals surface area contributed by atoms with Crippen LogP contribution in [0.15, 0.2) is 22.7 Å². The summed E-state index contributed by atoms with van der Waals surface area (Å²) in [5.41, 5.74) is 6.91. The molecule has 0 aliphatic heterocycles. The first kappa shape index (κ1) is 10.5. The second-order valence-corrected chi connectivity index (χ2v) is 3.99. The van der Waals surface area contributed by atoms with Gasteiger partial charge >= 0.3 is 0 Å². The molecule has 0 saturated heterocycles. The summed E-state index contributed by atoms with van der Waals surface area (Å²) in [4.78, 5) is 0. The lowest BCUT2D eigenvalue weighted by molar-refractivity contribution is 0.414. The third-order valence-electron chi connectivity index (χ3n) is 1.79. The van der Waals surface area contributed by atoms with Crippen LogP contribution in [0.5, 0.6) is 5.75 Å². The Kier molecular flexibility index (Phi) is 3.75. The monoisotopic (exact) mass is 243 g/mol. The summed E-state index contributed by atoms with van der Waals surface area (Å²) in [6.07, 6.45) is 0.859. The molecule has 0 spiro atoms. The summed E-state index contributed by atoms with van der Waals surface area (Å²) >= 11 is 3.48. The van der Waals surface area contributed by atoms with Crippen molar-refractivity contribution in [1.29, 1.82) is 0 Å². The Hall–Kier alpha value is -0.540. The average Bonchev–Trinajstić information content (AvgIpc) is 2.08. The van der Waals surface area contributed by atoms with E-state index in [0.29, 0.717) is 0 Å². The second kappa shape index (κ2) is 4.63. The maximum absolute atomic E-state index is 5.72. The van der Waals surface area contributed by atoms with Crippen LogP contribution in [-0.4, -0.2) is 13.2 Å². The highest BCUT2D eigenvalue weighted by atomic mass is 79.9. The molecule has 2 N–H and O–H groups in total. The highest BCUT2D eigenvalue weighted by Gasteiger charge is 2.04. The topological polar surface area (TPSA) is 35.2 Å². The Labute approximate surface area is 87.2 Å². The van der Waals surface area contributed by atoms with Crippen LogP contribution < -0.4 is 10.5 Å². The highest BCUT2D eigenvalue weighted by Crippen LogP contribution is 2.23. The fraction of sp³-hybridized carbons (Fsp3) is 0.400. The molecule has 2 nitrogen and oxygen atoms in total. The van der Waals surface area contributed by atoms with E-state index in [-0.39, 0.29) is 6.04 Å². The van der Waals surface area contributed by atoms with Gasteiger partial charge < -0.3 is 10.5 Å². The summed E-state index contributed by atoms with van der Waals surface area (Å²) in [5.74, 6) is 0.874. The van der Waals surface area contributed by atoms with Crippen molar-refractivity contribution >= 4 is 15.9 Å². The predicted octanol–water partition coefficient (Wildman–Crippen LogP) is 2.35. The van der Waals surface area contributed by atoms with Crippen LogP contribution in [0.2, 0.25) is 0 Å². The minimum Gasteiger partial charge on any atom is -0.497 e. The highest BCUT2D eigenvalue weighted by molar-refractivity contribution is 9.10. The molecule has 0 aliphatic carbocycles. The summed E-state index contributed by atoms with van der Waals surface area (Å²) in [6, 6.07) is 6.09. The van der Waals surface area contributed by atoms with Crippen molar-refractivity contribution in [3.63, 3.8) is 0 Å². The van der Waals surface area contributed by atoms with Gasteiger partial charge in [-0.3, -0.25) is 0 Å². The lowest BCUT2D eigenvalue weighted by Crippen LogP contribution is -2.18. The van der Waals surface area contributed by atoms with E-state index < -0.39 is 0 Å². The van der Waals surface area contributed by atoms with E-state index in [1.165, 1.54) is 5.56 Å². The van der Waals surface area contributed by atoms with Crippen LogP contribution in [0, 0.1) is 0 Å². The number of benzene rings is 1. The van der Waals surface area contributed by atoms with E-state index >= 15 is 0 Å². The van der Waals surface area contributed by atoms with Gasteiger partial charge in [-0.25, -0.2) is 0 Å². The number of nitrogens with two attached hydrogens (primary N) is 1. The molecule has 1 atom stereocenters. The Morgan fingerprint density at radius 2 is 2.23 bits per heavy atom. The smallest absolute Gasteiger partial charge is 0.119 e. The molecule has 3 heteroatoms. The van der Waals surface area contributed by atoms with Crippen molar-refractivity contribution in [3.05, 3.63) is 28.2 Å². The quantitative estimate of drug-likeness (QED) is 0.885. The van der Waals surface area contributed by atoms with E-state index in [4.69, 9.17) is 10.5 Å². The van der Waals surface area contributed by atoms with Gasteiger partial charge in [-0.05, 0) is 37.1 Å². The third kappa shape index (κ3) is 3.01. The molecule has 0 heterocycles. The number of halogens is 1. The molecule has 0 radical (unpaired) electrons. The predicted molar refractivity (Wildman–Crippen MR) is 58.0 cm³/mol. The van der Waals surface area contributed by atoms with E-state index in [0.717, 1.165) is 16.6 Å². The van der Waals surface area contributed by atoms with Gasteiger partial charge in [0.15, 0.2) is 0 Å². The molecule has 0 saturated carbocycles. The molecule has 0 aromatic heterocycles. The standard InChI is InChI=1S/C10H14BrNO/c1-7(12)5-8-6-9(13-2)3-4-10(8)11/h3-4,6-7H,5,12H2,1-2H3/t7-/m1/s1. The summed E-state index contributed by atoms with van der Waals surface area (Å²) in [7, 11) is 1.67. The Morgan fingerprint density at radius 1 is 1.54 bits per heavy atom. The van der Waals surface area contributed by atoms with Gasteiger partial charge in [-0.15, -0.1) is 0 Å². The molecular weight excluding hydrogens is 230 g/mol. The van der Waals surface area contributed by atoms with E-state index in [2.05, 4.69) is 15.9 Å². The molecule has 0 bridgehead atoms. The van der Waals surface area contributed by atoms with Crippen LogP contribution in [0.1, 0.15) is 12.5 Å². The molecule has 0 unspecified atom stereocenters. The zero-order valence-electron chi connectivity index (χ0n) is 7.88. The average molecular weight is 244 g/mol. The number of hydrogen-bond donors (Lipinski definition) is 1. The summed E-state index contributed by atoms with van der Waals surface area (Å²) in [5, 5.41) is 0. The van der Waals surface area contributed by atoms with Crippen LogP contribution in [0.3, 0.4) is 0 Å². The Bertz CT molecular complexity index is 286. The lowest BCUT2D eigenvalue weighted by Gasteiger charge is -2.09.